The lowest BCUT2D eigenvalue weighted by Crippen LogP contribution is -2.36. The van der Waals surface area contributed by atoms with Crippen molar-refractivity contribution in [1.82, 2.24) is 9.97 Å². The zero-order valence-corrected chi connectivity index (χ0v) is 19.1. The second-order valence-electron chi connectivity index (χ2n) is 7.72. The van der Waals surface area contributed by atoms with E-state index in [1.807, 2.05) is 44.2 Å². The van der Waals surface area contributed by atoms with E-state index in [-0.39, 0.29) is 23.7 Å². The summed E-state index contributed by atoms with van der Waals surface area (Å²) in [4.78, 5) is 45.3. The van der Waals surface area contributed by atoms with Gasteiger partial charge in [0.2, 0.25) is 11.8 Å². The van der Waals surface area contributed by atoms with Crippen molar-refractivity contribution < 1.29 is 9.59 Å². The third-order valence-corrected chi connectivity index (χ3v) is 6.22. The Morgan fingerprint density at radius 3 is 2.53 bits per heavy atom. The molecule has 0 aliphatic carbocycles. The van der Waals surface area contributed by atoms with E-state index in [0.717, 1.165) is 16.7 Å². The van der Waals surface area contributed by atoms with Crippen molar-refractivity contribution in [2.75, 3.05) is 10.6 Å². The average molecular weight is 469 g/mol. The third kappa shape index (κ3) is 5.03. The number of carbonyl (C=O) groups is 2. The maximum Gasteiger partial charge on any atom is 0.257 e. The summed E-state index contributed by atoms with van der Waals surface area (Å²) < 4.78 is 0. The quantitative estimate of drug-likeness (QED) is 0.380. The van der Waals surface area contributed by atoms with Crippen molar-refractivity contribution in [2.24, 2.45) is 0 Å². The molecule has 0 fully saturated rings. The molecule has 1 aromatic heterocycles. The van der Waals surface area contributed by atoms with Gasteiger partial charge in [-0.3, -0.25) is 14.4 Å². The van der Waals surface area contributed by atoms with Gasteiger partial charge in [-0.1, -0.05) is 41.6 Å². The number of H-pyrrole nitrogens is 1. The monoisotopic (exact) mass is 468 g/mol. The zero-order chi connectivity index (χ0) is 22.8. The van der Waals surface area contributed by atoms with E-state index in [9.17, 15) is 14.4 Å². The molecule has 2 heterocycles. The standard InChI is InChI=1S/C23H21ClN4O3S/c1-12-7-13(2)9-16(8-12)25-21(30)17-10-18(29)26-20-19(17)22(31)28-23(27-20)32-11-14-3-5-15(24)6-4-14/h3-9,17H,10-11H2,1-2H3,(H,25,30)(H2,26,27,28,29,31)/t17-/m0/s1. The van der Waals surface area contributed by atoms with Crippen LogP contribution in [0, 0.1) is 13.8 Å². The minimum absolute atomic E-state index is 0.119. The Morgan fingerprint density at radius 1 is 1.16 bits per heavy atom. The Bertz CT molecular complexity index is 1240. The number of hydrogen-bond donors (Lipinski definition) is 3. The predicted octanol–water partition coefficient (Wildman–Crippen LogP) is 4.40. The van der Waals surface area contributed by atoms with Crippen LogP contribution in [0.15, 0.2) is 52.4 Å². The molecule has 2 aromatic carbocycles. The van der Waals surface area contributed by atoms with E-state index in [1.165, 1.54) is 11.8 Å². The van der Waals surface area contributed by atoms with E-state index < -0.39 is 17.4 Å². The van der Waals surface area contributed by atoms with Crippen molar-refractivity contribution in [2.45, 2.75) is 37.1 Å². The highest BCUT2D eigenvalue weighted by Gasteiger charge is 2.34. The van der Waals surface area contributed by atoms with Crippen LogP contribution >= 0.6 is 23.4 Å². The van der Waals surface area contributed by atoms with E-state index in [2.05, 4.69) is 20.6 Å². The van der Waals surface area contributed by atoms with E-state index in [0.29, 0.717) is 21.6 Å². The molecule has 1 aliphatic heterocycles. The van der Waals surface area contributed by atoms with Crippen LogP contribution in [0.1, 0.15) is 34.6 Å². The lowest BCUT2D eigenvalue weighted by molar-refractivity contribution is -0.123. The summed E-state index contributed by atoms with van der Waals surface area (Å²) in [5, 5.41) is 6.47. The first-order valence-corrected chi connectivity index (χ1v) is 11.4. The van der Waals surface area contributed by atoms with Gasteiger partial charge in [0.1, 0.15) is 5.82 Å². The number of carbonyl (C=O) groups excluding carboxylic acids is 2. The SMILES string of the molecule is Cc1cc(C)cc(NC(=O)[C@H]2CC(=O)Nc3nc(SCc4ccc(Cl)cc4)[nH]c(=O)c32)c1. The molecule has 0 bridgehead atoms. The van der Waals surface area contributed by atoms with Gasteiger partial charge in [-0.2, -0.15) is 0 Å². The Kier molecular flexibility index (Phi) is 6.34. The van der Waals surface area contributed by atoms with E-state index in [4.69, 9.17) is 11.6 Å². The average Bonchev–Trinajstić information content (AvgIpc) is 2.71. The maximum atomic E-state index is 13.0. The van der Waals surface area contributed by atoms with Crippen LogP contribution in [0.4, 0.5) is 11.5 Å². The first-order chi connectivity index (χ1) is 15.3. The second kappa shape index (κ2) is 9.18. The van der Waals surface area contributed by atoms with Gasteiger partial charge in [0.05, 0.1) is 11.5 Å². The van der Waals surface area contributed by atoms with E-state index in [1.54, 1.807) is 12.1 Å². The van der Waals surface area contributed by atoms with Crippen molar-refractivity contribution in [3.63, 3.8) is 0 Å². The van der Waals surface area contributed by atoms with Gasteiger partial charge in [-0.05, 0) is 54.8 Å². The molecule has 0 spiro atoms. The summed E-state index contributed by atoms with van der Waals surface area (Å²) in [6.45, 7) is 3.87. The Balaban J connectivity index is 1.57. The summed E-state index contributed by atoms with van der Waals surface area (Å²) in [5.41, 5.74) is 3.37. The molecular formula is C23H21ClN4O3S. The van der Waals surface area contributed by atoms with Crippen molar-refractivity contribution >= 4 is 46.7 Å². The number of nitrogens with one attached hydrogen (secondary N) is 3. The van der Waals surface area contributed by atoms with Crippen LogP contribution in [0.2, 0.25) is 5.02 Å². The van der Waals surface area contributed by atoms with Crippen molar-refractivity contribution in [1.29, 1.82) is 0 Å². The molecule has 0 unspecified atom stereocenters. The lowest BCUT2D eigenvalue weighted by Gasteiger charge is -2.23. The molecule has 4 rings (SSSR count). The largest absolute Gasteiger partial charge is 0.326 e. The minimum Gasteiger partial charge on any atom is -0.326 e. The molecule has 164 valence electrons. The number of anilines is 2. The molecule has 9 heteroatoms. The molecule has 3 N–H and O–H groups in total. The van der Waals surface area contributed by atoms with Gasteiger partial charge in [-0.15, -0.1) is 0 Å². The molecule has 2 amide bonds. The number of rotatable bonds is 5. The summed E-state index contributed by atoms with van der Waals surface area (Å²) in [7, 11) is 0. The van der Waals surface area contributed by atoms with Crippen molar-refractivity contribution in [3.05, 3.63) is 80.1 Å². The number of fused-ring (bicyclic) bond motifs is 1. The fourth-order valence-electron chi connectivity index (χ4n) is 3.65. The summed E-state index contributed by atoms with van der Waals surface area (Å²) in [6, 6.07) is 13.0. The smallest absolute Gasteiger partial charge is 0.257 e. The summed E-state index contributed by atoms with van der Waals surface area (Å²) in [6.07, 6.45) is -0.119. The van der Waals surface area contributed by atoms with Gasteiger partial charge < -0.3 is 15.6 Å². The minimum atomic E-state index is -0.925. The number of aromatic amines is 1. The number of benzene rings is 2. The second-order valence-corrected chi connectivity index (χ2v) is 9.12. The van der Waals surface area contributed by atoms with Crippen LogP contribution in [0.25, 0.3) is 0 Å². The topological polar surface area (TPSA) is 104 Å². The first kappa shape index (κ1) is 22.1. The van der Waals surface area contributed by atoms with Gasteiger partial charge in [0, 0.05) is 22.9 Å². The van der Waals surface area contributed by atoms with E-state index >= 15 is 0 Å². The number of hydrogen-bond acceptors (Lipinski definition) is 5. The fraction of sp³-hybridized carbons (Fsp3) is 0.217. The predicted molar refractivity (Wildman–Crippen MR) is 126 cm³/mol. The maximum absolute atomic E-state index is 13.0. The number of aromatic nitrogens is 2. The number of aryl methyl sites for hydroxylation is 2. The zero-order valence-electron chi connectivity index (χ0n) is 17.5. The summed E-state index contributed by atoms with van der Waals surface area (Å²) >= 11 is 7.23. The summed E-state index contributed by atoms with van der Waals surface area (Å²) in [5.74, 6) is -1.01. The molecule has 32 heavy (non-hydrogen) atoms. The fourth-order valence-corrected chi connectivity index (χ4v) is 4.59. The molecule has 1 atom stereocenters. The Labute approximate surface area is 194 Å². The molecule has 7 nitrogen and oxygen atoms in total. The van der Waals surface area contributed by atoms with Crippen LogP contribution < -0.4 is 16.2 Å². The lowest BCUT2D eigenvalue weighted by atomic mass is 9.92. The van der Waals surface area contributed by atoms with Gasteiger partial charge in [-0.25, -0.2) is 4.98 Å². The highest BCUT2D eigenvalue weighted by atomic mass is 35.5. The van der Waals surface area contributed by atoms with Gasteiger partial charge in [0.25, 0.3) is 5.56 Å². The number of halogens is 1. The van der Waals surface area contributed by atoms with Crippen LogP contribution in [0.5, 0.6) is 0 Å². The molecule has 1 aliphatic rings. The molecule has 0 radical (unpaired) electrons. The number of thioether (sulfide) groups is 1. The van der Waals surface area contributed by atoms with Crippen LogP contribution in [-0.2, 0) is 15.3 Å². The van der Waals surface area contributed by atoms with Crippen molar-refractivity contribution in [3.8, 4) is 0 Å². The normalized spacial score (nSPS) is 15.1. The molecular weight excluding hydrogens is 448 g/mol. The van der Waals surface area contributed by atoms with Crippen LogP contribution in [-0.4, -0.2) is 21.8 Å². The first-order valence-electron chi connectivity index (χ1n) is 9.99. The Morgan fingerprint density at radius 2 is 1.84 bits per heavy atom. The van der Waals surface area contributed by atoms with Gasteiger partial charge >= 0.3 is 0 Å². The Hall–Kier alpha value is -3.10. The molecule has 0 saturated heterocycles. The number of amides is 2. The van der Waals surface area contributed by atoms with Gasteiger partial charge in [0.15, 0.2) is 5.16 Å². The highest BCUT2D eigenvalue weighted by Crippen LogP contribution is 2.31. The van der Waals surface area contributed by atoms with Crippen LogP contribution in [0.3, 0.4) is 0 Å². The number of nitrogens with zero attached hydrogens (tertiary/aromatic N) is 1. The molecule has 3 aromatic rings. The highest BCUT2D eigenvalue weighted by molar-refractivity contribution is 7.98. The third-order valence-electron chi connectivity index (χ3n) is 5.02. The molecule has 0 saturated carbocycles.